The van der Waals surface area contributed by atoms with Crippen LogP contribution < -0.4 is 0 Å². The van der Waals surface area contributed by atoms with Crippen LogP contribution in [-0.4, -0.2) is 15.0 Å². The number of furan rings is 1. The number of aromatic nitrogens is 3. The van der Waals surface area contributed by atoms with Gasteiger partial charge in [-0.25, -0.2) is 15.0 Å². The highest BCUT2D eigenvalue weighted by Crippen LogP contribution is 2.40. The fourth-order valence-electron chi connectivity index (χ4n) is 6.92. The van der Waals surface area contributed by atoms with E-state index in [4.69, 9.17) is 19.4 Å². The van der Waals surface area contributed by atoms with Crippen LogP contribution in [0.4, 0.5) is 0 Å². The van der Waals surface area contributed by atoms with Crippen molar-refractivity contribution < 1.29 is 4.42 Å². The van der Waals surface area contributed by atoms with E-state index < -0.39 is 0 Å². The van der Waals surface area contributed by atoms with Crippen LogP contribution in [0.2, 0.25) is 0 Å². The van der Waals surface area contributed by atoms with Crippen molar-refractivity contribution >= 4 is 32.7 Å². The van der Waals surface area contributed by atoms with E-state index in [-0.39, 0.29) is 0 Å². The average Bonchev–Trinajstić information content (AvgIpc) is 3.54. The number of nitrogens with zero attached hydrogens (tertiary/aromatic N) is 3. The molecule has 0 unspecified atom stereocenters. The highest BCUT2D eigenvalue weighted by molar-refractivity contribution is 6.20. The second-order valence-corrected chi connectivity index (χ2v) is 12.7. The summed E-state index contributed by atoms with van der Waals surface area (Å²) in [6.07, 6.45) is 0. The zero-order chi connectivity index (χ0) is 32.9. The van der Waals surface area contributed by atoms with Gasteiger partial charge in [-0.3, -0.25) is 0 Å². The van der Waals surface area contributed by atoms with Crippen LogP contribution in [0.1, 0.15) is 11.1 Å². The van der Waals surface area contributed by atoms with E-state index in [0.717, 1.165) is 66.4 Å². The number of aryl methyl sites for hydroxylation is 2. The molecule has 9 aromatic rings. The normalized spacial score (nSPS) is 11.5. The van der Waals surface area contributed by atoms with E-state index in [0.29, 0.717) is 17.5 Å². The molecule has 0 spiro atoms. The Balaban J connectivity index is 1.18. The Morgan fingerprint density at radius 1 is 0.408 bits per heavy atom. The lowest BCUT2D eigenvalue weighted by atomic mass is 9.93. The second-order valence-electron chi connectivity index (χ2n) is 12.7. The predicted molar refractivity (Wildman–Crippen MR) is 201 cm³/mol. The van der Waals surface area contributed by atoms with Gasteiger partial charge in [0, 0.05) is 33.0 Å². The predicted octanol–water partition coefficient (Wildman–Crippen LogP) is 11.9. The summed E-state index contributed by atoms with van der Waals surface area (Å²) in [7, 11) is 0. The van der Waals surface area contributed by atoms with Gasteiger partial charge in [-0.2, -0.15) is 0 Å². The summed E-state index contributed by atoms with van der Waals surface area (Å²) in [5.41, 5.74) is 11.4. The summed E-state index contributed by atoms with van der Waals surface area (Å²) in [4.78, 5) is 14.9. The molecule has 0 bridgehead atoms. The van der Waals surface area contributed by atoms with Crippen molar-refractivity contribution in [2.75, 3.05) is 0 Å². The number of hydrogen-bond donors (Lipinski definition) is 0. The molecule has 0 radical (unpaired) electrons. The van der Waals surface area contributed by atoms with Gasteiger partial charge in [-0.15, -0.1) is 0 Å². The molecule has 0 fully saturated rings. The smallest absolute Gasteiger partial charge is 0.164 e. The molecule has 2 heterocycles. The molecule has 0 N–H and O–H groups in total. The average molecular weight is 630 g/mol. The Morgan fingerprint density at radius 2 is 0.939 bits per heavy atom. The Hall–Kier alpha value is -6.39. The van der Waals surface area contributed by atoms with Crippen molar-refractivity contribution in [3.8, 4) is 56.4 Å². The molecule has 49 heavy (non-hydrogen) atoms. The number of rotatable bonds is 5. The molecule has 9 rings (SSSR count). The van der Waals surface area contributed by atoms with Crippen molar-refractivity contribution in [1.29, 1.82) is 0 Å². The van der Waals surface area contributed by atoms with Gasteiger partial charge in [0.15, 0.2) is 17.5 Å². The minimum absolute atomic E-state index is 0.643. The quantitative estimate of drug-likeness (QED) is 0.190. The third-order valence-electron chi connectivity index (χ3n) is 9.14. The molecule has 0 amide bonds. The fourth-order valence-corrected chi connectivity index (χ4v) is 6.92. The van der Waals surface area contributed by atoms with Crippen LogP contribution in [0, 0.1) is 13.8 Å². The molecular weight excluding hydrogens is 599 g/mol. The van der Waals surface area contributed by atoms with Gasteiger partial charge in [0.25, 0.3) is 0 Å². The first-order valence-corrected chi connectivity index (χ1v) is 16.5. The maximum absolute atomic E-state index is 6.60. The maximum atomic E-state index is 6.60. The summed E-state index contributed by atoms with van der Waals surface area (Å²) in [5.74, 6) is 1.94. The Morgan fingerprint density at radius 3 is 1.61 bits per heavy atom. The first kappa shape index (κ1) is 28.8. The highest BCUT2D eigenvalue weighted by atomic mass is 16.3. The second kappa shape index (κ2) is 11.7. The van der Waals surface area contributed by atoms with Crippen LogP contribution in [0.3, 0.4) is 0 Å². The molecule has 0 saturated carbocycles. The number of para-hydroxylation sites is 1. The summed E-state index contributed by atoms with van der Waals surface area (Å²) >= 11 is 0. The molecule has 0 aliphatic heterocycles. The van der Waals surface area contributed by atoms with Gasteiger partial charge in [0.05, 0.1) is 0 Å². The lowest BCUT2D eigenvalue weighted by Gasteiger charge is -2.12. The number of benzene rings is 7. The summed E-state index contributed by atoms with van der Waals surface area (Å²) < 4.78 is 6.60. The third-order valence-corrected chi connectivity index (χ3v) is 9.14. The van der Waals surface area contributed by atoms with E-state index in [2.05, 4.69) is 105 Å². The lowest BCUT2D eigenvalue weighted by molar-refractivity contribution is 0.670. The van der Waals surface area contributed by atoms with Gasteiger partial charge in [-0.05, 0) is 76.7 Å². The highest BCUT2D eigenvalue weighted by Gasteiger charge is 2.17. The van der Waals surface area contributed by atoms with Crippen LogP contribution in [-0.2, 0) is 0 Å². The summed E-state index contributed by atoms with van der Waals surface area (Å²) in [6, 6.07) is 52.7. The molecule has 2 aromatic heterocycles. The zero-order valence-electron chi connectivity index (χ0n) is 27.2. The molecule has 4 heteroatoms. The molecule has 4 nitrogen and oxygen atoms in total. The van der Waals surface area contributed by atoms with Crippen molar-refractivity contribution in [2.24, 2.45) is 0 Å². The van der Waals surface area contributed by atoms with Crippen molar-refractivity contribution in [2.45, 2.75) is 13.8 Å². The Bertz CT molecular complexity index is 2620. The number of fused-ring (bicyclic) bond motifs is 5. The van der Waals surface area contributed by atoms with Crippen molar-refractivity contribution in [3.05, 3.63) is 163 Å². The van der Waals surface area contributed by atoms with E-state index in [1.54, 1.807) is 0 Å². The van der Waals surface area contributed by atoms with Gasteiger partial charge in [0.1, 0.15) is 11.2 Å². The molecular formula is C45H31N3O. The van der Waals surface area contributed by atoms with Crippen LogP contribution in [0.25, 0.3) is 89.1 Å². The lowest BCUT2D eigenvalue weighted by Crippen LogP contribution is -2.00. The molecule has 0 atom stereocenters. The minimum atomic E-state index is 0.643. The topological polar surface area (TPSA) is 51.8 Å². The van der Waals surface area contributed by atoms with Crippen LogP contribution in [0.15, 0.2) is 156 Å². The van der Waals surface area contributed by atoms with E-state index in [9.17, 15) is 0 Å². The van der Waals surface area contributed by atoms with Crippen LogP contribution in [0.5, 0.6) is 0 Å². The molecule has 0 aliphatic carbocycles. The third kappa shape index (κ3) is 5.24. The van der Waals surface area contributed by atoms with Gasteiger partial charge >= 0.3 is 0 Å². The largest absolute Gasteiger partial charge is 0.455 e. The first-order chi connectivity index (χ1) is 24.1. The monoisotopic (exact) mass is 629 g/mol. The van der Waals surface area contributed by atoms with Gasteiger partial charge in [-0.1, -0.05) is 127 Å². The molecule has 0 saturated heterocycles. The molecule has 232 valence electrons. The zero-order valence-corrected chi connectivity index (χ0v) is 27.2. The first-order valence-electron chi connectivity index (χ1n) is 16.5. The SMILES string of the molecule is Cc1cc(-c2cc(C)cc(-c3cccc4c3oc3ccc5ccccc5c34)c2)cc(-c2nc(-c3ccccc3)nc(-c3ccccc3)n2)c1. The van der Waals surface area contributed by atoms with E-state index >= 15 is 0 Å². The molecule has 0 aliphatic rings. The van der Waals surface area contributed by atoms with Crippen molar-refractivity contribution in [3.63, 3.8) is 0 Å². The van der Waals surface area contributed by atoms with E-state index in [1.807, 2.05) is 60.7 Å². The maximum Gasteiger partial charge on any atom is 0.164 e. The Kier molecular flexibility index (Phi) is 6.87. The fraction of sp³-hybridized carbons (Fsp3) is 0.0444. The van der Waals surface area contributed by atoms with E-state index in [1.165, 1.54) is 16.3 Å². The van der Waals surface area contributed by atoms with Crippen LogP contribution >= 0.6 is 0 Å². The standard InChI is InChI=1S/C45H31N3O/c1-28-22-33(26-35(24-28)38-18-11-19-39-41-37-17-10-9-12-30(37)20-21-40(41)49-42(38)39)34-23-29(2)25-36(27-34)45-47-43(31-13-5-3-6-14-31)46-44(48-45)32-15-7-4-8-16-32/h3-27H,1-2H3. The molecule has 7 aromatic carbocycles. The summed E-state index contributed by atoms with van der Waals surface area (Å²) in [5, 5.41) is 4.70. The van der Waals surface area contributed by atoms with Gasteiger partial charge in [0.2, 0.25) is 0 Å². The minimum Gasteiger partial charge on any atom is -0.455 e. The number of hydrogen-bond acceptors (Lipinski definition) is 4. The Labute approximate surface area is 284 Å². The summed E-state index contributed by atoms with van der Waals surface area (Å²) in [6.45, 7) is 4.28. The van der Waals surface area contributed by atoms with Crippen molar-refractivity contribution in [1.82, 2.24) is 15.0 Å². The van der Waals surface area contributed by atoms with Gasteiger partial charge < -0.3 is 4.42 Å².